The highest BCUT2D eigenvalue weighted by Crippen LogP contribution is 1.91. The summed E-state index contributed by atoms with van der Waals surface area (Å²) in [6.45, 7) is 3.45. The molecule has 36 valence electrons. The Bertz CT molecular complexity index is 48.1. The average Bonchev–Trinajstić information content (AvgIpc) is 1.65. The molecule has 6 heavy (non-hydrogen) atoms. The van der Waals surface area contributed by atoms with Crippen molar-refractivity contribution < 1.29 is 4.43 Å². The fourth-order valence-electron chi connectivity index (χ4n) is 0.0962. The maximum Gasteiger partial charge on any atom is 0.147 e. The van der Waals surface area contributed by atoms with Crippen molar-refractivity contribution in [3.05, 3.63) is 12.7 Å². The van der Waals surface area contributed by atoms with Gasteiger partial charge in [-0.15, -0.1) is 12.6 Å². The monoisotopic (exact) mass is 120 g/mol. The van der Waals surface area contributed by atoms with Gasteiger partial charge in [-0.25, -0.2) is 0 Å². The molecule has 1 nitrogen and oxygen atoms in total. The Labute approximate surface area is 46.3 Å². The summed E-state index contributed by atoms with van der Waals surface area (Å²) in [6, 6.07) is 0. The van der Waals surface area contributed by atoms with Crippen molar-refractivity contribution in [2.75, 3.05) is 0 Å². The summed E-state index contributed by atoms with van der Waals surface area (Å²) < 4.78 is 4.78. The highest BCUT2D eigenvalue weighted by Gasteiger charge is 1.83. The van der Waals surface area contributed by atoms with Gasteiger partial charge in [-0.05, 0) is 0 Å². The minimum atomic E-state index is -0.0448. The van der Waals surface area contributed by atoms with Crippen LogP contribution >= 0.6 is 12.6 Å². The number of thiol groups is 1. The largest absolute Gasteiger partial charge is 0.413 e. The highest BCUT2D eigenvalue weighted by molar-refractivity contribution is 7.81. The fraction of sp³-hybridized carbons (Fsp3) is 0.333. The third-order valence-corrected chi connectivity index (χ3v) is 1.77. The van der Waals surface area contributed by atoms with Crippen LogP contribution in [-0.2, 0) is 4.43 Å². The zero-order chi connectivity index (χ0) is 4.99. The van der Waals surface area contributed by atoms with Crippen LogP contribution in [0.1, 0.15) is 0 Å². The first-order valence-corrected chi connectivity index (χ1v) is 2.98. The van der Waals surface area contributed by atoms with Crippen LogP contribution in [0.2, 0.25) is 0 Å². The standard InChI is InChI=1S/C3H8OSSi/c1-2-3(5)4-6/h2-3,5H,1H2,6H3. The molecule has 0 bridgehead atoms. The van der Waals surface area contributed by atoms with E-state index in [4.69, 9.17) is 4.43 Å². The van der Waals surface area contributed by atoms with Crippen molar-refractivity contribution >= 4 is 23.1 Å². The van der Waals surface area contributed by atoms with Gasteiger partial charge in [-0.2, -0.15) is 0 Å². The van der Waals surface area contributed by atoms with Gasteiger partial charge in [-0.3, -0.25) is 0 Å². The Morgan fingerprint density at radius 3 is 2.50 bits per heavy atom. The Morgan fingerprint density at radius 1 is 2.00 bits per heavy atom. The SMILES string of the molecule is C=CC(S)O[SiH3]. The zero-order valence-corrected chi connectivity index (χ0v) is 6.61. The maximum atomic E-state index is 4.78. The van der Waals surface area contributed by atoms with E-state index in [0.29, 0.717) is 0 Å². The van der Waals surface area contributed by atoms with Crippen molar-refractivity contribution in [1.82, 2.24) is 0 Å². The van der Waals surface area contributed by atoms with Crippen LogP contribution in [0.3, 0.4) is 0 Å². The molecule has 0 N–H and O–H groups in total. The predicted molar refractivity (Wildman–Crippen MR) is 34.0 cm³/mol. The van der Waals surface area contributed by atoms with Crippen LogP contribution in [0.5, 0.6) is 0 Å². The Kier molecular flexibility index (Phi) is 3.61. The summed E-state index contributed by atoms with van der Waals surface area (Å²) in [5.41, 5.74) is -0.0448. The molecule has 0 spiro atoms. The molecule has 0 amide bonds. The lowest BCUT2D eigenvalue weighted by atomic mass is 10.7. The Hall–Kier alpha value is 0.267. The van der Waals surface area contributed by atoms with E-state index >= 15 is 0 Å². The lowest BCUT2D eigenvalue weighted by Gasteiger charge is -1.97. The van der Waals surface area contributed by atoms with E-state index in [1.54, 1.807) is 6.08 Å². The van der Waals surface area contributed by atoms with Crippen molar-refractivity contribution in [3.8, 4) is 0 Å². The van der Waals surface area contributed by atoms with E-state index in [2.05, 4.69) is 19.2 Å². The van der Waals surface area contributed by atoms with Crippen molar-refractivity contribution in [3.63, 3.8) is 0 Å². The van der Waals surface area contributed by atoms with E-state index in [1.807, 2.05) is 0 Å². The van der Waals surface area contributed by atoms with Crippen molar-refractivity contribution in [1.29, 1.82) is 0 Å². The van der Waals surface area contributed by atoms with E-state index in [-0.39, 0.29) is 5.44 Å². The number of hydrogen-bond donors (Lipinski definition) is 1. The van der Waals surface area contributed by atoms with Crippen LogP contribution < -0.4 is 0 Å². The Morgan fingerprint density at radius 2 is 2.50 bits per heavy atom. The molecule has 0 heterocycles. The maximum absolute atomic E-state index is 4.78. The van der Waals surface area contributed by atoms with Gasteiger partial charge in [0.1, 0.15) is 15.9 Å². The second-order valence-corrected chi connectivity index (χ2v) is 1.84. The molecule has 1 atom stereocenters. The van der Waals surface area contributed by atoms with Gasteiger partial charge in [0.2, 0.25) is 0 Å². The zero-order valence-electron chi connectivity index (χ0n) is 3.72. The normalized spacial score (nSPS) is 14.2. The second kappa shape index (κ2) is 3.46. The Balaban J connectivity index is 2.96. The molecule has 0 fully saturated rings. The van der Waals surface area contributed by atoms with Gasteiger partial charge in [0.05, 0.1) is 0 Å². The molecule has 0 rings (SSSR count). The first-order valence-electron chi connectivity index (χ1n) is 1.64. The smallest absolute Gasteiger partial charge is 0.147 e. The molecule has 1 unspecified atom stereocenters. The van der Waals surface area contributed by atoms with Crippen molar-refractivity contribution in [2.24, 2.45) is 0 Å². The predicted octanol–water partition coefficient (Wildman–Crippen LogP) is -0.275. The van der Waals surface area contributed by atoms with Crippen LogP contribution in [0.4, 0.5) is 0 Å². The van der Waals surface area contributed by atoms with Crippen LogP contribution in [0.25, 0.3) is 0 Å². The number of rotatable bonds is 2. The summed E-state index contributed by atoms with van der Waals surface area (Å²) in [5.74, 6) is 0. The summed E-state index contributed by atoms with van der Waals surface area (Å²) in [4.78, 5) is 0. The molecule has 0 saturated heterocycles. The molecular formula is C3H8OSSi. The molecule has 0 aliphatic rings. The number of hydrogen-bond acceptors (Lipinski definition) is 2. The topological polar surface area (TPSA) is 9.23 Å². The minimum absolute atomic E-state index is 0.0448. The molecule has 0 radical (unpaired) electrons. The molecule has 0 aromatic rings. The van der Waals surface area contributed by atoms with Crippen LogP contribution in [0, 0.1) is 0 Å². The van der Waals surface area contributed by atoms with Gasteiger partial charge >= 0.3 is 0 Å². The molecule has 3 heteroatoms. The van der Waals surface area contributed by atoms with Gasteiger partial charge in [0, 0.05) is 0 Å². The van der Waals surface area contributed by atoms with Crippen molar-refractivity contribution in [2.45, 2.75) is 5.44 Å². The third-order valence-electron chi connectivity index (χ3n) is 0.443. The van der Waals surface area contributed by atoms with Crippen LogP contribution in [-0.4, -0.2) is 15.9 Å². The molecule has 0 aliphatic carbocycles. The average molecular weight is 120 g/mol. The lowest BCUT2D eigenvalue weighted by molar-refractivity contribution is 0.370. The summed E-state index contributed by atoms with van der Waals surface area (Å²) >= 11 is 3.92. The minimum Gasteiger partial charge on any atom is -0.413 e. The van der Waals surface area contributed by atoms with E-state index < -0.39 is 0 Å². The quantitative estimate of drug-likeness (QED) is 0.228. The lowest BCUT2D eigenvalue weighted by Crippen LogP contribution is -1.94. The van der Waals surface area contributed by atoms with E-state index in [1.165, 1.54) is 0 Å². The fourth-order valence-corrected chi connectivity index (χ4v) is 0.289. The van der Waals surface area contributed by atoms with Gasteiger partial charge in [-0.1, -0.05) is 12.7 Å². The first kappa shape index (κ1) is 6.27. The summed E-state index contributed by atoms with van der Waals surface area (Å²) in [5, 5.41) is 0. The van der Waals surface area contributed by atoms with Gasteiger partial charge in [0.15, 0.2) is 0 Å². The summed E-state index contributed by atoms with van der Waals surface area (Å²) in [7, 11) is 0.735. The van der Waals surface area contributed by atoms with Crippen LogP contribution in [0.15, 0.2) is 12.7 Å². The second-order valence-electron chi connectivity index (χ2n) is 0.862. The highest BCUT2D eigenvalue weighted by atomic mass is 32.1. The van der Waals surface area contributed by atoms with Gasteiger partial charge < -0.3 is 4.43 Å². The summed E-state index contributed by atoms with van der Waals surface area (Å²) in [6.07, 6.45) is 1.65. The van der Waals surface area contributed by atoms with E-state index in [0.717, 1.165) is 10.5 Å². The molecule has 0 saturated carbocycles. The molecule has 0 aromatic carbocycles. The molecule has 0 aliphatic heterocycles. The molecular weight excluding hydrogens is 112 g/mol. The molecule has 0 aromatic heterocycles. The van der Waals surface area contributed by atoms with Gasteiger partial charge in [0.25, 0.3) is 0 Å². The third kappa shape index (κ3) is 2.50. The first-order chi connectivity index (χ1) is 2.81. The van der Waals surface area contributed by atoms with E-state index in [9.17, 15) is 0 Å².